The minimum absolute atomic E-state index is 0.0852. The van der Waals surface area contributed by atoms with Crippen LogP contribution in [-0.4, -0.2) is 19.1 Å². The molecule has 0 saturated carbocycles. The Labute approximate surface area is 112 Å². The Balaban J connectivity index is 2.06. The number of anilines is 1. The van der Waals surface area contributed by atoms with E-state index in [0.717, 1.165) is 12.1 Å². The summed E-state index contributed by atoms with van der Waals surface area (Å²) in [4.78, 5) is 11.6. The Morgan fingerprint density at radius 2 is 2.11 bits per heavy atom. The highest BCUT2D eigenvalue weighted by Gasteiger charge is 2.33. The summed E-state index contributed by atoms with van der Waals surface area (Å²) in [6.45, 7) is 1.03. The Kier molecular flexibility index (Phi) is 4.01. The number of hydrogen-bond acceptors (Lipinski definition) is 2. The number of carbonyl (C=O) groups is 1. The molecule has 2 rings (SSSR count). The highest BCUT2D eigenvalue weighted by atomic mass is 35.5. The smallest absolute Gasteiger partial charge is 0.381 e. The molecule has 1 heterocycles. The van der Waals surface area contributed by atoms with E-state index in [1.807, 2.05) is 0 Å². The molecule has 19 heavy (non-hydrogen) atoms. The summed E-state index contributed by atoms with van der Waals surface area (Å²) >= 11 is 5.48. The van der Waals surface area contributed by atoms with Crippen LogP contribution >= 0.6 is 11.6 Å². The molecule has 7 heteroatoms. The first-order valence-corrected chi connectivity index (χ1v) is 5.98. The molecule has 1 fully saturated rings. The van der Waals surface area contributed by atoms with Gasteiger partial charge in [-0.25, -0.2) is 0 Å². The molecule has 0 spiro atoms. The van der Waals surface area contributed by atoms with Gasteiger partial charge in [-0.05, 0) is 18.2 Å². The first-order valence-electron chi connectivity index (χ1n) is 5.60. The number of halogens is 4. The standard InChI is InChI=1S/C12H11ClF3NO2/c13-10-2-1-8(4-9(10)12(14,15)16)17-11(18)3-7-5-19-6-7/h1-2,4,7H,3,5-6H2,(H,17,18). The van der Waals surface area contributed by atoms with Crippen LogP contribution in [0.5, 0.6) is 0 Å². The fourth-order valence-corrected chi connectivity index (χ4v) is 1.92. The molecule has 0 atom stereocenters. The number of hydrogen-bond donors (Lipinski definition) is 1. The van der Waals surface area contributed by atoms with E-state index >= 15 is 0 Å². The SMILES string of the molecule is O=C(CC1COC1)Nc1ccc(Cl)c(C(F)(F)F)c1. The Hall–Kier alpha value is -1.27. The average molecular weight is 294 g/mol. The number of nitrogens with one attached hydrogen (secondary N) is 1. The molecular formula is C12H11ClF3NO2. The number of rotatable bonds is 3. The number of carbonyl (C=O) groups excluding carboxylic acids is 1. The summed E-state index contributed by atoms with van der Waals surface area (Å²) < 4.78 is 42.8. The average Bonchev–Trinajstić information content (AvgIpc) is 2.25. The number of amides is 1. The van der Waals surface area contributed by atoms with Crippen molar-refractivity contribution in [3.63, 3.8) is 0 Å². The van der Waals surface area contributed by atoms with Crippen molar-refractivity contribution < 1.29 is 22.7 Å². The molecule has 0 aliphatic carbocycles. The van der Waals surface area contributed by atoms with E-state index in [9.17, 15) is 18.0 Å². The van der Waals surface area contributed by atoms with Gasteiger partial charge in [0.2, 0.25) is 5.91 Å². The Morgan fingerprint density at radius 3 is 2.63 bits per heavy atom. The van der Waals surface area contributed by atoms with Crippen LogP contribution in [0.15, 0.2) is 18.2 Å². The third-order valence-corrected chi connectivity index (χ3v) is 3.07. The second kappa shape index (κ2) is 5.38. The van der Waals surface area contributed by atoms with Gasteiger partial charge in [0.05, 0.1) is 23.8 Å². The van der Waals surface area contributed by atoms with Crippen molar-refractivity contribution in [2.75, 3.05) is 18.5 Å². The maximum atomic E-state index is 12.6. The van der Waals surface area contributed by atoms with Crippen molar-refractivity contribution in [3.05, 3.63) is 28.8 Å². The minimum Gasteiger partial charge on any atom is -0.381 e. The summed E-state index contributed by atoms with van der Waals surface area (Å²) in [6, 6.07) is 3.29. The van der Waals surface area contributed by atoms with Crippen LogP contribution in [0.4, 0.5) is 18.9 Å². The largest absolute Gasteiger partial charge is 0.417 e. The van der Waals surface area contributed by atoms with Gasteiger partial charge in [0.25, 0.3) is 0 Å². The van der Waals surface area contributed by atoms with Crippen LogP contribution in [0.25, 0.3) is 0 Å². The van der Waals surface area contributed by atoms with E-state index in [1.165, 1.54) is 6.07 Å². The fourth-order valence-electron chi connectivity index (χ4n) is 1.70. The van der Waals surface area contributed by atoms with E-state index in [-0.39, 0.29) is 23.9 Å². The van der Waals surface area contributed by atoms with Gasteiger partial charge in [0.15, 0.2) is 0 Å². The van der Waals surface area contributed by atoms with Crippen molar-refractivity contribution >= 4 is 23.2 Å². The van der Waals surface area contributed by atoms with E-state index in [1.54, 1.807) is 0 Å². The highest BCUT2D eigenvalue weighted by Crippen LogP contribution is 2.36. The molecule has 3 nitrogen and oxygen atoms in total. The van der Waals surface area contributed by atoms with Crippen LogP contribution in [-0.2, 0) is 15.7 Å². The number of benzene rings is 1. The topological polar surface area (TPSA) is 38.3 Å². The van der Waals surface area contributed by atoms with Crippen molar-refractivity contribution in [2.45, 2.75) is 12.6 Å². The lowest BCUT2D eigenvalue weighted by atomic mass is 10.0. The molecule has 0 bridgehead atoms. The number of ether oxygens (including phenoxy) is 1. The van der Waals surface area contributed by atoms with Crippen LogP contribution in [0.2, 0.25) is 5.02 Å². The van der Waals surface area contributed by atoms with Gasteiger partial charge < -0.3 is 10.1 Å². The maximum absolute atomic E-state index is 12.6. The molecule has 1 saturated heterocycles. The lowest BCUT2D eigenvalue weighted by Crippen LogP contribution is -2.31. The zero-order chi connectivity index (χ0) is 14.0. The van der Waals surface area contributed by atoms with Gasteiger partial charge in [-0.15, -0.1) is 0 Å². The predicted octanol–water partition coefficient (Wildman–Crippen LogP) is 3.33. The molecule has 104 valence electrons. The molecule has 1 aliphatic heterocycles. The molecule has 1 amide bonds. The van der Waals surface area contributed by atoms with E-state index in [0.29, 0.717) is 13.2 Å². The third-order valence-electron chi connectivity index (χ3n) is 2.74. The zero-order valence-corrected chi connectivity index (χ0v) is 10.5. The molecule has 1 aliphatic rings. The maximum Gasteiger partial charge on any atom is 0.417 e. The molecule has 0 radical (unpaired) electrons. The van der Waals surface area contributed by atoms with Gasteiger partial charge in [0.1, 0.15) is 0 Å². The van der Waals surface area contributed by atoms with Gasteiger partial charge in [-0.1, -0.05) is 11.6 Å². The molecule has 0 aromatic heterocycles. The van der Waals surface area contributed by atoms with Crippen LogP contribution < -0.4 is 5.32 Å². The lowest BCUT2D eigenvalue weighted by molar-refractivity contribution is -0.137. The third kappa shape index (κ3) is 3.61. The summed E-state index contributed by atoms with van der Waals surface area (Å²) in [6.07, 6.45) is -4.30. The van der Waals surface area contributed by atoms with Crippen LogP contribution in [0.3, 0.4) is 0 Å². The van der Waals surface area contributed by atoms with E-state index in [2.05, 4.69) is 5.32 Å². The Morgan fingerprint density at radius 1 is 1.42 bits per heavy atom. The number of alkyl halides is 3. The van der Waals surface area contributed by atoms with E-state index in [4.69, 9.17) is 16.3 Å². The van der Waals surface area contributed by atoms with Crippen molar-refractivity contribution in [1.82, 2.24) is 0 Å². The quantitative estimate of drug-likeness (QED) is 0.928. The van der Waals surface area contributed by atoms with Crippen molar-refractivity contribution in [1.29, 1.82) is 0 Å². The van der Waals surface area contributed by atoms with Crippen LogP contribution in [0.1, 0.15) is 12.0 Å². The summed E-state index contributed by atoms with van der Waals surface area (Å²) in [5.74, 6) is -0.182. The fraction of sp³-hybridized carbons (Fsp3) is 0.417. The van der Waals surface area contributed by atoms with Gasteiger partial charge in [-0.3, -0.25) is 4.79 Å². The Bertz CT molecular complexity index is 486. The molecule has 1 aromatic carbocycles. The van der Waals surface area contributed by atoms with Gasteiger partial charge in [-0.2, -0.15) is 13.2 Å². The summed E-state index contributed by atoms with van der Waals surface area (Å²) in [5, 5.41) is 2.04. The monoisotopic (exact) mass is 293 g/mol. The first kappa shape index (κ1) is 14.1. The van der Waals surface area contributed by atoms with Crippen molar-refractivity contribution in [3.8, 4) is 0 Å². The minimum atomic E-state index is -4.54. The second-order valence-electron chi connectivity index (χ2n) is 4.35. The molecule has 1 N–H and O–H groups in total. The van der Waals surface area contributed by atoms with Gasteiger partial charge in [0, 0.05) is 18.0 Å². The normalized spacial score (nSPS) is 16.0. The summed E-state index contributed by atoms with van der Waals surface area (Å²) in [5.41, 5.74) is -0.874. The predicted molar refractivity (Wildman–Crippen MR) is 64.0 cm³/mol. The van der Waals surface area contributed by atoms with E-state index < -0.39 is 16.8 Å². The van der Waals surface area contributed by atoms with Crippen LogP contribution in [0, 0.1) is 5.92 Å². The van der Waals surface area contributed by atoms with Crippen molar-refractivity contribution in [2.24, 2.45) is 5.92 Å². The molecule has 0 unspecified atom stereocenters. The molecule has 1 aromatic rings. The second-order valence-corrected chi connectivity index (χ2v) is 4.76. The lowest BCUT2D eigenvalue weighted by Gasteiger charge is -2.25. The van der Waals surface area contributed by atoms with Gasteiger partial charge >= 0.3 is 6.18 Å². The molecular weight excluding hydrogens is 283 g/mol. The zero-order valence-electron chi connectivity index (χ0n) is 9.76. The highest BCUT2D eigenvalue weighted by molar-refractivity contribution is 6.31. The first-order chi connectivity index (χ1) is 8.86. The summed E-state index contributed by atoms with van der Waals surface area (Å²) in [7, 11) is 0.